The summed E-state index contributed by atoms with van der Waals surface area (Å²) in [5.41, 5.74) is 1.09. The number of rotatable bonds is 4. The van der Waals surface area contributed by atoms with Crippen molar-refractivity contribution < 1.29 is 19.1 Å². The topological polar surface area (TPSA) is 75.7 Å². The van der Waals surface area contributed by atoms with Gasteiger partial charge in [-0.25, -0.2) is 0 Å². The van der Waals surface area contributed by atoms with Gasteiger partial charge in [-0.3, -0.25) is 14.4 Å². The van der Waals surface area contributed by atoms with Gasteiger partial charge in [-0.1, -0.05) is 6.07 Å². The van der Waals surface area contributed by atoms with E-state index in [4.69, 9.17) is 4.74 Å². The Morgan fingerprint density at radius 1 is 1.35 bits per heavy atom. The van der Waals surface area contributed by atoms with E-state index in [1.54, 1.807) is 36.1 Å². The third kappa shape index (κ3) is 4.55. The second-order valence-electron chi connectivity index (χ2n) is 5.60. The van der Waals surface area contributed by atoms with Crippen molar-refractivity contribution in [1.82, 2.24) is 4.90 Å². The number of likely N-dealkylation sites (tertiary alicyclic amines) is 1. The largest absolute Gasteiger partial charge is 0.466 e. The van der Waals surface area contributed by atoms with Crippen LogP contribution in [0.5, 0.6) is 0 Å². The second kappa shape index (κ2) is 7.76. The monoisotopic (exact) mass is 318 g/mol. The van der Waals surface area contributed by atoms with E-state index in [1.165, 1.54) is 6.92 Å². The first kappa shape index (κ1) is 17.0. The van der Waals surface area contributed by atoms with Crippen LogP contribution >= 0.6 is 0 Å². The maximum absolute atomic E-state index is 12.6. The third-order valence-electron chi connectivity index (χ3n) is 3.76. The summed E-state index contributed by atoms with van der Waals surface area (Å²) < 4.78 is 5.05. The van der Waals surface area contributed by atoms with Crippen molar-refractivity contribution in [3.63, 3.8) is 0 Å². The predicted molar refractivity (Wildman–Crippen MR) is 86.0 cm³/mol. The lowest BCUT2D eigenvalue weighted by Gasteiger charge is -2.31. The first-order chi connectivity index (χ1) is 11.0. The molecule has 1 aliphatic rings. The summed E-state index contributed by atoms with van der Waals surface area (Å²) in [6.07, 6.45) is 1.52. The summed E-state index contributed by atoms with van der Waals surface area (Å²) >= 11 is 0. The highest BCUT2D eigenvalue weighted by Crippen LogP contribution is 2.21. The first-order valence-corrected chi connectivity index (χ1v) is 7.84. The fraction of sp³-hybridized carbons (Fsp3) is 0.471. The number of nitrogens with one attached hydrogen (secondary N) is 1. The molecule has 0 saturated carbocycles. The SMILES string of the molecule is CCOC(=O)C1CCCN(C(=O)c2cccc(NC(C)=O)c2)C1. The van der Waals surface area contributed by atoms with Crippen LogP contribution in [0.1, 0.15) is 37.0 Å². The van der Waals surface area contributed by atoms with E-state index in [9.17, 15) is 14.4 Å². The normalized spacial score (nSPS) is 17.5. The molecule has 2 rings (SSSR count). The number of anilines is 1. The van der Waals surface area contributed by atoms with Gasteiger partial charge in [0.1, 0.15) is 0 Å². The molecule has 1 saturated heterocycles. The molecule has 1 aromatic rings. The number of hydrogen-bond acceptors (Lipinski definition) is 4. The molecule has 1 aliphatic heterocycles. The van der Waals surface area contributed by atoms with Gasteiger partial charge in [-0.05, 0) is 38.0 Å². The number of ether oxygens (including phenoxy) is 1. The van der Waals surface area contributed by atoms with Crippen molar-refractivity contribution in [2.45, 2.75) is 26.7 Å². The van der Waals surface area contributed by atoms with Crippen LogP contribution in [0, 0.1) is 5.92 Å². The van der Waals surface area contributed by atoms with E-state index < -0.39 is 0 Å². The summed E-state index contributed by atoms with van der Waals surface area (Å²) in [7, 11) is 0. The summed E-state index contributed by atoms with van der Waals surface area (Å²) in [6, 6.07) is 6.82. The van der Waals surface area contributed by atoms with Gasteiger partial charge < -0.3 is 15.0 Å². The zero-order valence-corrected chi connectivity index (χ0v) is 13.5. The molecule has 1 fully saturated rings. The minimum atomic E-state index is -0.258. The Kier molecular flexibility index (Phi) is 5.73. The van der Waals surface area contributed by atoms with Crippen LogP contribution in [0.25, 0.3) is 0 Å². The molecule has 1 unspecified atom stereocenters. The number of esters is 1. The molecule has 1 atom stereocenters. The Bertz CT molecular complexity index is 600. The highest BCUT2D eigenvalue weighted by molar-refractivity contribution is 5.97. The minimum Gasteiger partial charge on any atom is -0.466 e. The Hall–Kier alpha value is -2.37. The van der Waals surface area contributed by atoms with E-state index in [0.717, 1.165) is 12.8 Å². The Morgan fingerprint density at radius 2 is 2.13 bits per heavy atom. The van der Waals surface area contributed by atoms with Crippen LogP contribution in [-0.4, -0.2) is 42.4 Å². The maximum Gasteiger partial charge on any atom is 0.310 e. The number of piperidine rings is 1. The van der Waals surface area contributed by atoms with Crippen molar-refractivity contribution in [1.29, 1.82) is 0 Å². The van der Waals surface area contributed by atoms with Crippen LogP contribution in [0.4, 0.5) is 5.69 Å². The lowest BCUT2D eigenvalue weighted by molar-refractivity contribution is -0.149. The van der Waals surface area contributed by atoms with E-state index in [1.807, 2.05) is 0 Å². The number of hydrogen-bond donors (Lipinski definition) is 1. The quantitative estimate of drug-likeness (QED) is 0.862. The van der Waals surface area contributed by atoms with Crippen molar-refractivity contribution >= 4 is 23.5 Å². The zero-order chi connectivity index (χ0) is 16.8. The van der Waals surface area contributed by atoms with Crippen molar-refractivity contribution in [2.24, 2.45) is 5.92 Å². The average Bonchev–Trinajstić information content (AvgIpc) is 2.54. The predicted octanol–water partition coefficient (Wildman–Crippen LogP) is 2.06. The standard InChI is InChI=1S/C17H22N2O4/c1-3-23-17(22)14-7-5-9-19(11-14)16(21)13-6-4-8-15(10-13)18-12(2)20/h4,6,8,10,14H,3,5,7,9,11H2,1-2H3,(H,18,20). The fourth-order valence-electron chi connectivity index (χ4n) is 2.73. The molecule has 1 N–H and O–H groups in total. The molecule has 6 nitrogen and oxygen atoms in total. The molecule has 0 aliphatic carbocycles. The lowest BCUT2D eigenvalue weighted by atomic mass is 9.97. The lowest BCUT2D eigenvalue weighted by Crippen LogP contribution is -2.42. The number of carbonyl (C=O) groups is 3. The zero-order valence-electron chi connectivity index (χ0n) is 13.5. The minimum absolute atomic E-state index is 0.133. The second-order valence-corrected chi connectivity index (χ2v) is 5.60. The first-order valence-electron chi connectivity index (χ1n) is 7.84. The van der Waals surface area contributed by atoms with E-state index >= 15 is 0 Å². The van der Waals surface area contributed by atoms with E-state index in [-0.39, 0.29) is 23.7 Å². The Balaban J connectivity index is 2.07. The van der Waals surface area contributed by atoms with Crippen molar-refractivity contribution in [3.05, 3.63) is 29.8 Å². The highest BCUT2D eigenvalue weighted by Gasteiger charge is 2.29. The number of benzene rings is 1. The third-order valence-corrected chi connectivity index (χ3v) is 3.76. The van der Waals surface area contributed by atoms with Crippen LogP contribution < -0.4 is 5.32 Å². The van der Waals surface area contributed by atoms with E-state index in [0.29, 0.717) is 30.9 Å². The van der Waals surface area contributed by atoms with Gasteiger partial charge in [-0.15, -0.1) is 0 Å². The molecule has 6 heteroatoms. The molecule has 1 aromatic carbocycles. The van der Waals surface area contributed by atoms with Gasteiger partial charge in [0.15, 0.2) is 0 Å². The van der Waals surface area contributed by atoms with Crippen molar-refractivity contribution in [2.75, 3.05) is 25.0 Å². The average molecular weight is 318 g/mol. The molecule has 2 amide bonds. The summed E-state index contributed by atoms with van der Waals surface area (Å²) in [4.78, 5) is 37.3. The van der Waals surface area contributed by atoms with Gasteiger partial charge in [0.2, 0.25) is 5.91 Å². The van der Waals surface area contributed by atoms with Crippen LogP contribution in [0.3, 0.4) is 0 Å². The van der Waals surface area contributed by atoms with Crippen LogP contribution in [0.2, 0.25) is 0 Å². The van der Waals surface area contributed by atoms with Gasteiger partial charge in [0.25, 0.3) is 5.91 Å². The Morgan fingerprint density at radius 3 is 2.83 bits per heavy atom. The van der Waals surface area contributed by atoms with Crippen LogP contribution in [-0.2, 0) is 14.3 Å². The summed E-state index contributed by atoms with van der Waals surface area (Å²) in [6.45, 7) is 4.55. The van der Waals surface area contributed by atoms with Gasteiger partial charge in [0.05, 0.1) is 12.5 Å². The summed E-state index contributed by atoms with van der Waals surface area (Å²) in [5.74, 6) is -0.815. The molecule has 0 bridgehead atoms. The van der Waals surface area contributed by atoms with Gasteiger partial charge >= 0.3 is 5.97 Å². The molecule has 0 radical (unpaired) electrons. The van der Waals surface area contributed by atoms with Gasteiger partial charge in [-0.2, -0.15) is 0 Å². The van der Waals surface area contributed by atoms with E-state index in [2.05, 4.69) is 5.32 Å². The molecule has 124 valence electrons. The molecular weight excluding hydrogens is 296 g/mol. The fourth-order valence-corrected chi connectivity index (χ4v) is 2.73. The number of nitrogens with zero attached hydrogens (tertiary/aromatic N) is 1. The number of amides is 2. The van der Waals surface area contributed by atoms with Crippen molar-refractivity contribution in [3.8, 4) is 0 Å². The maximum atomic E-state index is 12.6. The highest BCUT2D eigenvalue weighted by atomic mass is 16.5. The molecule has 1 heterocycles. The summed E-state index contributed by atoms with van der Waals surface area (Å²) in [5, 5.41) is 2.66. The van der Waals surface area contributed by atoms with Gasteiger partial charge in [0, 0.05) is 31.3 Å². The Labute approximate surface area is 135 Å². The molecular formula is C17H22N2O4. The van der Waals surface area contributed by atoms with Crippen LogP contribution in [0.15, 0.2) is 24.3 Å². The smallest absolute Gasteiger partial charge is 0.310 e. The molecule has 23 heavy (non-hydrogen) atoms. The molecule has 0 spiro atoms. The molecule has 0 aromatic heterocycles. The number of carbonyl (C=O) groups excluding carboxylic acids is 3.